The van der Waals surface area contributed by atoms with E-state index in [9.17, 15) is 4.79 Å². The van der Waals surface area contributed by atoms with Crippen molar-refractivity contribution >= 4 is 33.6 Å². The lowest BCUT2D eigenvalue weighted by molar-refractivity contribution is 0.534. The summed E-state index contributed by atoms with van der Waals surface area (Å²) in [5.41, 5.74) is 2.12. The van der Waals surface area contributed by atoms with E-state index in [4.69, 9.17) is 5.84 Å². The molecule has 0 unspecified atom stereocenters. The molecule has 102 valence electrons. The summed E-state index contributed by atoms with van der Waals surface area (Å²) in [4.78, 5) is 19.8. The Morgan fingerprint density at radius 1 is 1.58 bits per heavy atom. The molecule has 4 N–H and O–H groups in total. The van der Waals surface area contributed by atoms with E-state index in [1.54, 1.807) is 10.8 Å². The molecule has 8 nitrogen and oxygen atoms in total. The number of aromatic nitrogens is 5. The van der Waals surface area contributed by atoms with Crippen molar-refractivity contribution in [3.05, 3.63) is 21.2 Å². The lowest BCUT2D eigenvalue weighted by atomic mass is 10.4. The number of rotatable bonds is 4. The van der Waals surface area contributed by atoms with Crippen LogP contribution >= 0.6 is 27.7 Å². The molecule has 0 bridgehead atoms. The second-order valence-corrected chi connectivity index (χ2v) is 5.68. The highest BCUT2D eigenvalue weighted by molar-refractivity contribution is 9.10. The van der Waals surface area contributed by atoms with E-state index < -0.39 is 0 Å². The third kappa shape index (κ3) is 2.96. The van der Waals surface area contributed by atoms with E-state index in [2.05, 4.69) is 41.5 Å². The molecular weight excluding hydrogens is 334 g/mol. The summed E-state index contributed by atoms with van der Waals surface area (Å²) in [7, 11) is 0. The minimum absolute atomic E-state index is 0.00136. The lowest BCUT2D eigenvalue weighted by Crippen LogP contribution is -2.19. The predicted octanol–water partition coefficient (Wildman–Crippen LogP) is 1.14. The normalized spacial score (nSPS) is 11.0. The molecule has 19 heavy (non-hydrogen) atoms. The van der Waals surface area contributed by atoms with Crippen molar-refractivity contribution in [2.24, 2.45) is 5.84 Å². The maximum atomic E-state index is 11.6. The fourth-order valence-electron chi connectivity index (χ4n) is 1.40. The lowest BCUT2D eigenvalue weighted by Gasteiger charge is -2.09. The topological polar surface area (TPSA) is 115 Å². The maximum absolute atomic E-state index is 11.6. The zero-order valence-corrected chi connectivity index (χ0v) is 12.6. The van der Waals surface area contributed by atoms with Gasteiger partial charge in [-0.05, 0) is 41.5 Å². The standard InChI is InChI=1S/C9H12BrN7OS/c1-4(2)17-8(18)15-16-9(17)19-6-5(10)3-12-7(13-6)14-11/h3-4H,11H2,1-2H3,(H,15,18)(H,12,13,14). The van der Waals surface area contributed by atoms with Crippen molar-refractivity contribution in [1.29, 1.82) is 0 Å². The predicted molar refractivity (Wildman–Crippen MR) is 74.9 cm³/mol. The Hall–Kier alpha value is -1.39. The Balaban J connectivity index is 2.39. The van der Waals surface area contributed by atoms with E-state index in [1.807, 2.05) is 13.8 Å². The molecule has 0 aliphatic rings. The SMILES string of the molecule is CC(C)n1c(Sc2nc(NN)ncc2Br)n[nH]c1=O. The first-order valence-corrected chi connectivity index (χ1v) is 6.97. The minimum atomic E-state index is -0.250. The van der Waals surface area contributed by atoms with Crippen molar-refractivity contribution in [2.45, 2.75) is 30.1 Å². The van der Waals surface area contributed by atoms with Crippen LogP contribution in [-0.2, 0) is 0 Å². The Bertz CT molecular complexity index is 638. The van der Waals surface area contributed by atoms with Crippen LogP contribution in [0.5, 0.6) is 0 Å². The summed E-state index contributed by atoms with van der Waals surface area (Å²) in [5.74, 6) is 5.56. The smallest absolute Gasteiger partial charge is 0.292 e. The number of halogens is 1. The first-order chi connectivity index (χ1) is 9.02. The monoisotopic (exact) mass is 345 g/mol. The highest BCUT2D eigenvalue weighted by atomic mass is 79.9. The molecule has 0 amide bonds. The molecule has 0 spiro atoms. The van der Waals surface area contributed by atoms with Crippen LogP contribution in [0.15, 0.2) is 25.6 Å². The number of hydrazine groups is 1. The van der Waals surface area contributed by atoms with E-state index in [-0.39, 0.29) is 11.7 Å². The quantitative estimate of drug-likeness (QED) is 0.432. The molecule has 0 aliphatic carbocycles. The van der Waals surface area contributed by atoms with Gasteiger partial charge in [0, 0.05) is 12.2 Å². The van der Waals surface area contributed by atoms with Crippen LogP contribution in [0.3, 0.4) is 0 Å². The highest BCUT2D eigenvalue weighted by Crippen LogP contribution is 2.31. The van der Waals surface area contributed by atoms with E-state index in [1.165, 1.54) is 11.8 Å². The molecule has 0 saturated carbocycles. The number of H-pyrrole nitrogens is 1. The Labute approximate surface area is 121 Å². The Morgan fingerprint density at radius 3 is 2.95 bits per heavy atom. The molecule has 0 saturated heterocycles. The molecule has 10 heteroatoms. The summed E-state index contributed by atoms with van der Waals surface area (Å²) in [5, 5.41) is 7.55. The first kappa shape index (κ1) is 14.0. The third-order valence-corrected chi connectivity index (χ3v) is 4.04. The van der Waals surface area contributed by atoms with Gasteiger partial charge in [0.05, 0.1) is 4.47 Å². The van der Waals surface area contributed by atoms with Crippen molar-refractivity contribution in [3.63, 3.8) is 0 Å². The third-order valence-electron chi connectivity index (χ3n) is 2.22. The molecule has 2 aromatic heterocycles. The molecule has 0 radical (unpaired) electrons. The number of nitrogens with zero attached hydrogens (tertiary/aromatic N) is 4. The molecule has 0 atom stereocenters. The van der Waals surface area contributed by atoms with Gasteiger partial charge in [-0.1, -0.05) is 0 Å². The Kier molecular flexibility index (Phi) is 4.22. The van der Waals surface area contributed by atoms with Gasteiger partial charge in [-0.2, -0.15) is 0 Å². The zero-order chi connectivity index (χ0) is 14.0. The largest absolute Gasteiger partial charge is 0.344 e. The van der Waals surface area contributed by atoms with Gasteiger partial charge in [-0.3, -0.25) is 9.99 Å². The van der Waals surface area contributed by atoms with Gasteiger partial charge in [0.15, 0.2) is 5.16 Å². The molecular formula is C9H12BrN7OS. The number of nitrogens with one attached hydrogen (secondary N) is 2. The van der Waals surface area contributed by atoms with Crippen LogP contribution in [0.25, 0.3) is 0 Å². The van der Waals surface area contributed by atoms with Crippen LogP contribution in [-0.4, -0.2) is 24.7 Å². The van der Waals surface area contributed by atoms with Crippen LogP contribution in [0.1, 0.15) is 19.9 Å². The van der Waals surface area contributed by atoms with Crippen LogP contribution < -0.4 is 17.0 Å². The van der Waals surface area contributed by atoms with Gasteiger partial charge in [0.25, 0.3) is 0 Å². The minimum Gasteiger partial charge on any atom is -0.292 e. The molecule has 2 rings (SSSR count). The van der Waals surface area contributed by atoms with Gasteiger partial charge in [0.2, 0.25) is 5.95 Å². The van der Waals surface area contributed by atoms with Crippen molar-refractivity contribution in [3.8, 4) is 0 Å². The van der Waals surface area contributed by atoms with Gasteiger partial charge >= 0.3 is 5.69 Å². The van der Waals surface area contributed by atoms with E-state index in [0.29, 0.717) is 20.6 Å². The van der Waals surface area contributed by atoms with Gasteiger partial charge in [-0.25, -0.2) is 25.7 Å². The number of hydrogen-bond acceptors (Lipinski definition) is 7. The number of anilines is 1. The number of nitrogen functional groups attached to an aromatic ring is 1. The summed E-state index contributed by atoms with van der Waals surface area (Å²) in [6.07, 6.45) is 1.58. The zero-order valence-electron chi connectivity index (χ0n) is 10.2. The molecule has 2 aromatic rings. The van der Waals surface area contributed by atoms with Gasteiger partial charge in [-0.15, -0.1) is 5.10 Å². The average molecular weight is 346 g/mol. The highest BCUT2D eigenvalue weighted by Gasteiger charge is 2.15. The second-order valence-electron chi connectivity index (χ2n) is 3.87. The van der Waals surface area contributed by atoms with Crippen molar-refractivity contribution in [1.82, 2.24) is 24.7 Å². The van der Waals surface area contributed by atoms with Crippen molar-refractivity contribution in [2.75, 3.05) is 5.43 Å². The second kappa shape index (κ2) is 5.72. The van der Waals surface area contributed by atoms with E-state index >= 15 is 0 Å². The maximum Gasteiger partial charge on any atom is 0.344 e. The number of aromatic amines is 1. The average Bonchev–Trinajstić information content (AvgIpc) is 2.73. The Morgan fingerprint density at radius 2 is 2.32 bits per heavy atom. The fourth-order valence-corrected chi connectivity index (χ4v) is 2.77. The van der Waals surface area contributed by atoms with Crippen LogP contribution in [0.4, 0.5) is 5.95 Å². The van der Waals surface area contributed by atoms with Crippen LogP contribution in [0, 0.1) is 0 Å². The van der Waals surface area contributed by atoms with Gasteiger partial charge in [0.1, 0.15) is 5.03 Å². The summed E-state index contributed by atoms with van der Waals surface area (Å²) in [6, 6.07) is 0.00136. The van der Waals surface area contributed by atoms with Crippen LogP contribution in [0.2, 0.25) is 0 Å². The molecule has 2 heterocycles. The summed E-state index contributed by atoms with van der Waals surface area (Å²) >= 11 is 4.59. The van der Waals surface area contributed by atoms with Crippen molar-refractivity contribution < 1.29 is 0 Å². The van der Waals surface area contributed by atoms with E-state index in [0.717, 1.165) is 0 Å². The summed E-state index contributed by atoms with van der Waals surface area (Å²) < 4.78 is 2.25. The first-order valence-electron chi connectivity index (χ1n) is 5.37. The molecule has 0 aliphatic heterocycles. The van der Waals surface area contributed by atoms with Gasteiger partial charge < -0.3 is 0 Å². The molecule has 0 fully saturated rings. The summed E-state index contributed by atoms with van der Waals surface area (Å²) in [6.45, 7) is 3.81. The number of hydrogen-bond donors (Lipinski definition) is 3. The molecule has 0 aromatic carbocycles. The number of nitrogens with two attached hydrogens (primary N) is 1. The fraction of sp³-hybridized carbons (Fsp3) is 0.333.